The van der Waals surface area contributed by atoms with Crippen LogP contribution >= 0.6 is 0 Å². The van der Waals surface area contributed by atoms with Crippen LogP contribution in [0, 0.1) is 5.92 Å². The van der Waals surface area contributed by atoms with Crippen LogP contribution in [0.3, 0.4) is 0 Å². The van der Waals surface area contributed by atoms with Crippen molar-refractivity contribution in [1.82, 2.24) is 9.80 Å². The molecular weight excluding hydrogens is 402 g/mol. The van der Waals surface area contributed by atoms with E-state index in [9.17, 15) is 4.79 Å². The summed E-state index contributed by atoms with van der Waals surface area (Å²) < 4.78 is 11.1. The van der Waals surface area contributed by atoms with E-state index < -0.39 is 0 Å². The minimum Gasteiger partial charge on any atom is -0.497 e. The quantitative estimate of drug-likeness (QED) is 0.662. The van der Waals surface area contributed by atoms with Crippen LogP contribution in [-0.4, -0.2) is 68.7 Å². The fraction of sp³-hybridized carbons (Fsp3) is 0.500. The van der Waals surface area contributed by atoms with Gasteiger partial charge in [0.2, 0.25) is 5.91 Å². The summed E-state index contributed by atoms with van der Waals surface area (Å²) in [7, 11) is 1.70. The van der Waals surface area contributed by atoms with Gasteiger partial charge in [0, 0.05) is 38.6 Å². The van der Waals surface area contributed by atoms with Crippen molar-refractivity contribution in [3.63, 3.8) is 0 Å². The first kappa shape index (κ1) is 22.5. The Morgan fingerprint density at radius 3 is 2.44 bits per heavy atom. The van der Waals surface area contributed by atoms with E-state index in [2.05, 4.69) is 39.0 Å². The molecule has 6 nitrogen and oxygen atoms in total. The van der Waals surface area contributed by atoms with Crippen LogP contribution in [0.2, 0.25) is 0 Å². The zero-order valence-electron chi connectivity index (χ0n) is 19.3. The van der Waals surface area contributed by atoms with Crippen LogP contribution in [0.25, 0.3) is 0 Å². The largest absolute Gasteiger partial charge is 0.497 e. The highest BCUT2D eigenvalue weighted by Gasteiger charge is 2.31. The summed E-state index contributed by atoms with van der Waals surface area (Å²) >= 11 is 0. The number of ether oxygens (including phenoxy) is 2. The van der Waals surface area contributed by atoms with Crippen molar-refractivity contribution in [1.29, 1.82) is 0 Å². The van der Waals surface area contributed by atoms with Gasteiger partial charge in [-0.1, -0.05) is 24.3 Å². The molecule has 1 amide bonds. The highest BCUT2D eigenvalue weighted by atomic mass is 16.5. The topological polar surface area (TPSA) is 45.2 Å². The Morgan fingerprint density at radius 1 is 0.969 bits per heavy atom. The molecule has 0 bridgehead atoms. The van der Waals surface area contributed by atoms with E-state index in [1.807, 2.05) is 31.2 Å². The first-order valence-electron chi connectivity index (χ1n) is 11.8. The number of benzene rings is 2. The molecule has 2 fully saturated rings. The third-order valence-corrected chi connectivity index (χ3v) is 6.57. The molecule has 2 aliphatic rings. The highest BCUT2D eigenvalue weighted by Crippen LogP contribution is 2.29. The molecule has 6 heteroatoms. The first-order valence-corrected chi connectivity index (χ1v) is 11.8. The Hall–Kier alpha value is -2.73. The first-order chi connectivity index (χ1) is 15.7. The predicted molar refractivity (Wildman–Crippen MR) is 127 cm³/mol. The lowest BCUT2D eigenvalue weighted by Gasteiger charge is -2.39. The molecule has 2 heterocycles. The van der Waals surface area contributed by atoms with Crippen LogP contribution in [0.1, 0.15) is 25.3 Å². The Labute approximate surface area is 191 Å². The van der Waals surface area contributed by atoms with Crippen molar-refractivity contribution in [2.24, 2.45) is 5.92 Å². The molecule has 0 N–H and O–H groups in total. The van der Waals surface area contributed by atoms with Gasteiger partial charge in [-0.2, -0.15) is 0 Å². The van der Waals surface area contributed by atoms with Gasteiger partial charge in [0.05, 0.1) is 19.4 Å². The Morgan fingerprint density at radius 2 is 1.72 bits per heavy atom. The van der Waals surface area contributed by atoms with Crippen molar-refractivity contribution in [2.45, 2.75) is 26.3 Å². The SMILES string of the molecule is CCOc1ccccc1N1CCN(C(=O)C2CCN(Cc3cccc(OC)c3)CC2)CC1. The summed E-state index contributed by atoms with van der Waals surface area (Å²) in [6.07, 6.45) is 1.88. The van der Waals surface area contributed by atoms with Crippen LogP contribution in [0.15, 0.2) is 48.5 Å². The van der Waals surface area contributed by atoms with Crippen molar-refractivity contribution in [3.05, 3.63) is 54.1 Å². The smallest absolute Gasteiger partial charge is 0.225 e. The van der Waals surface area contributed by atoms with Crippen molar-refractivity contribution in [2.75, 3.05) is 57.9 Å². The summed E-state index contributed by atoms with van der Waals surface area (Å²) in [6.45, 7) is 8.78. The number of nitrogens with zero attached hydrogens (tertiary/aromatic N) is 3. The Balaban J connectivity index is 1.26. The molecule has 0 aromatic heterocycles. The van der Waals surface area contributed by atoms with E-state index in [1.165, 1.54) is 5.56 Å². The zero-order chi connectivity index (χ0) is 22.3. The molecule has 2 aromatic carbocycles. The van der Waals surface area contributed by atoms with Crippen molar-refractivity contribution < 1.29 is 14.3 Å². The summed E-state index contributed by atoms with van der Waals surface area (Å²) in [5.74, 6) is 2.32. The fourth-order valence-electron chi connectivity index (χ4n) is 4.79. The van der Waals surface area contributed by atoms with Crippen LogP contribution < -0.4 is 14.4 Å². The molecule has 0 saturated carbocycles. The van der Waals surface area contributed by atoms with Gasteiger partial charge >= 0.3 is 0 Å². The number of piperidine rings is 1. The van der Waals surface area contributed by atoms with Gasteiger partial charge < -0.3 is 19.3 Å². The average molecular weight is 438 g/mol. The monoisotopic (exact) mass is 437 g/mol. The molecule has 4 rings (SSSR count). The lowest BCUT2D eigenvalue weighted by Crippen LogP contribution is -2.51. The molecular formula is C26H35N3O3. The standard InChI is InChI=1S/C26H35N3O3/c1-3-32-25-10-5-4-9-24(25)28-15-17-29(18-16-28)26(30)22-11-13-27(14-12-22)20-21-7-6-8-23(19-21)31-2/h4-10,19,22H,3,11-18,20H2,1-2H3. The van der Waals surface area contributed by atoms with Crippen molar-refractivity contribution >= 4 is 11.6 Å². The van der Waals surface area contributed by atoms with Crippen LogP contribution in [0.5, 0.6) is 11.5 Å². The minimum atomic E-state index is 0.152. The number of piperazine rings is 1. The van der Waals surface area contributed by atoms with E-state index in [0.717, 1.165) is 75.8 Å². The maximum absolute atomic E-state index is 13.2. The number of rotatable bonds is 7. The van der Waals surface area contributed by atoms with Gasteiger partial charge in [-0.15, -0.1) is 0 Å². The number of carbonyl (C=O) groups is 1. The molecule has 172 valence electrons. The van der Waals surface area contributed by atoms with Crippen LogP contribution in [0.4, 0.5) is 5.69 Å². The van der Waals surface area contributed by atoms with E-state index in [4.69, 9.17) is 9.47 Å². The molecule has 2 aliphatic heterocycles. The van der Waals surface area contributed by atoms with Crippen LogP contribution in [-0.2, 0) is 11.3 Å². The number of likely N-dealkylation sites (tertiary alicyclic amines) is 1. The molecule has 32 heavy (non-hydrogen) atoms. The van der Waals surface area contributed by atoms with E-state index in [0.29, 0.717) is 12.5 Å². The number of carbonyl (C=O) groups excluding carboxylic acids is 1. The second-order valence-electron chi connectivity index (χ2n) is 8.62. The zero-order valence-corrected chi connectivity index (χ0v) is 19.3. The van der Waals surface area contributed by atoms with Gasteiger partial charge in [0.15, 0.2) is 0 Å². The predicted octanol–water partition coefficient (Wildman–Crippen LogP) is 3.65. The minimum absolute atomic E-state index is 0.152. The number of amides is 1. The highest BCUT2D eigenvalue weighted by molar-refractivity contribution is 5.79. The third kappa shape index (κ3) is 5.36. The van der Waals surface area contributed by atoms with E-state index >= 15 is 0 Å². The van der Waals surface area contributed by atoms with Gasteiger partial charge in [0.1, 0.15) is 11.5 Å². The second-order valence-corrected chi connectivity index (χ2v) is 8.62. The lowest BCUT2D eigenvalue weighted by atomic mass is 9.94. The molecule has 0 aliphatic carbocycles. The third-order valence-electron chi connectivity index (χ3n) is 6.57. The Bertz CT molecular complexity index is 887. The number of methoxy groups -OCH3 is 1. The summed E-state index contributed by atoms with van der Waals surface area (Å²) in [5.41, 5.74) is 2.39. The van der Waals surface area contributed by atoms with Gasteiger partial charge in [-0.25, -0.2) is 0 Å². The normalized spacial score (nSPS) is 17.9. The lowest BCUT2D eigenvalue weighted by molar-refractivity contribution is -0.137. The van der Waals surface area contributed by atoms with Gasteiger partial charge in [-0.05, 0) is 62.7 Å². The summed E-state index contributed by atoms with van der Waals surface area (Å²) in [5, 5.41) is 0. The van der Waals surface area contributed by atoms with E-state index in [1.54, 1.807) is 7.11 Å². The molecule has 0 spiro atoms. The number of para-hydroxylation sites is 2. The number of anilines is 1. The second kappa shape index (κ2) is 10.7. The average Bonchev–Trinajstić information content (AvgIpc) is 2.85. The molecule has 0 unspecified atom stereocenters. The summed E-state index contributed by atoms with van der Waals surface area (Å²) in [4.78, 5) is 20.0. The maximum atomic E-state index is 13.2. The molecule has 2 saturated heterocycles. The van der Waals surface area contributed by atoms with Gasteiger partial charge in [0.25, 0.3) is 0 Å². The number of hydrogen-bond acceptors (Lipinski definition) is 5. The maximum Gasteiger partial charge on any atom is 0.225 e. The molecule has 0 atom stereocenters. The van der Waals surface area contributed by atoms with Gasteiger partial charge in [-0.3, -0.25) is 9.69 Å². The molecule has 0 radical (unpaired) electrons. The van der Waals surface area contributed by atoms with E-state index in [-0.39, 0.29) is 5.92 Å². The Kier molecular flexibility index (Phi) is 7.53. The van der Waals surface area contributed by atoms with Crippen molar-refractivity contribution in [3.8, 4) is 11.5 Å². The summed E-state index contributed by atoms with van der Waals surface area (Å²) in [6, 6.07) is 16.4. The molecule has 2 aromatic rings. The number of hydrogen-bond donors (Lipinski definition) is 0. The fourth-order valence-corrected chi connectivity index (χ4v) is 4.79.